The maximum Gasteiger partial charge on any atom is 0.341 e. The number of fused-ring (bicyclic) bond motifs is 1. The monoisotopic (exact) mass is 687 g/mol. The van der Waals surface area contributed by atoms with Gasteiger partial charge in [0.15, 0.2) is 0 Å². The highest BCUT2D eigenvalue weighted by Gasteiger charge is 2.28. The van der Waals surface area contributed by atoms with Crippen molar-refractivity contribution in [3.05, 3.63) is 117 Å². The summed E-state index contributed by atoms with van der Waals surface area (Å²) in [6.45, 7) is 3.81. The summed E-state index contributed by atoms with van der Waals surface area (Å²) < 4.78 is 5.32. The summed E-state index contributed by atoms with van der Waals surface area (Å²) in [5.74, 6) is -1.62. The summed E-state index contributed by atoms with van der Waals surface area (Å²) in [5, 5.41) is 9.07. The van der Waals surface area contributed by atoms with Crippen molar-refractivity contribution in [2.24, 2.45) is 0 Å². The molecule has 8 nitrogen and oxygen atoms in total. The summed E-state index contributed by atoms with van der Waals surface area (Å²) in [6, 6.07) is 22.7. The topological polar surface area (TPSA) is 114 Å². The minimum Gasteiger partial charge on any atom is -0.462 e. The third kappa shape index (κ3) is 8.91. The zero-order valence-corrected chi connectivity index (χ0v) is 28.3. The molecule has 242 valence electrons. The van der Waals surface area contributed by atoms with Gasteiger partial charge in [0.05, 0.1) is 17.4 Å². The van der Waals surface area contributed by atoms with E-state index in [9.17, 15) is 19.2 Å². The molecule has 1 aromatic heterocycles. The number of halogens is 1. The van der Waals surface area contributed by atoms with Crippen LogP contribution in [0, 0.1) is 0 Å². The number of nitrogens with one attached hydrogen (secondary N) is 3. The summed E-state index contributed by atoms with van der Waals surface area (Å²) in [6.07, 6.45) is 5.29. The molecule has 1 atom stereocenters. The molecule has 47 heavy (non-hydrogen) atoms. The number of rotatable bonds is 11. The number of hydrogen-bond donors (Lipinski definition) is 3. The van der Waals surface area contributed by atoms with Crippen LogP contribution < -0.4 is 16.0 Å². The lowest BCUT2D eigenvalue weighted by molar-refractivity contribution is -0.115. The molecule has 0 fully saturated rings. The normalized spacial score (nSPS) is 13.2. The fourth-order valence-electron chi connectivity index (χ4n) is 5.10. The lowest BCUT2D eigenvalue weighted by atomic mass is 9.95. The smallest absolute Gasteiger partial charge is 0.341 e. The Morgan fingerprint density at radius 1 is 0.957 bits per heavy atom. The summed E-state index contributed by atoms with van der Waals surface area (Å²) in [5.41, 5.74) is 3.01. The van der Waals surface area contributed by atoms with E-state index in [4.69, 9.17) is 16.3 Å². The number of amides is 3. The number of benzene rings is 3. The van der Waals surface area contributed by atoms with Gasteiger partial charge in [-0.25, -0.2) is 4.79 Å². The number of carbonyl (C=O) groups excluding carboxylic acids is 4. The van der Waals surface area contributed by atoms with Crippen LogP contribution in [0.25, 0.3) is 6.08 Å². The quantitative estimate of drug-likeness (QED) is 0.0837. The summed E-state index contributed by atoms with van der Waals surface area (Å²) in [7, 11) is 0. The Morgan fingerprint density at radius 2 is 1.72 bits per heavy atom. The molecular formula is C36H34ClN3O5S2. The molecule has 3 aromatic carbocycles. The van der Waals surface area contributed by atoms with Gasteiger partial charge in [-0.05, 0) is 99.2 Å². The van der Waals surface area contributed by atoms with E-state index in [0.29, 0.717) is 32.4 Å². The van der Waals surface area contributed by atoms with Crippen LogP contribution in [0.3, 0.4) is 0 Å². The van der Waals surface area contributed by atoms with Crippen LogP contribution in [0.5, 0.6) is 0 Å². The second kappa shape index (κ2) is 15.9. The summed E-state index contributed by atoms with van der Waals surface area (Å²) >= 11 is 8.93. The van der Waals surface area contributed by atoms with E-state index in [1.165, 1.54) is 23.1 Å². The van der Waals surface area contributed by atoms with E-state index in [1.54, 1.807) is 92.7 Å². The Kier molecular flexibility index (Phi) is 11.5. The Labute approximate surface area is 286 Å². The Balaban J connectivity index is 1.29. The van der Waals surface area contributed by atoms with Gasteiger partial charge in [0, 0.05) is 26.0 Å². The van der Waals surface area contributed by atoms with Crippen LogP contribution in [0.4, 0.5) is 10.7 Å². The van der Waals surface area contributed by atoms with Gasteiger partial charge in [0.2, 0.25) is 5.91 Å². The Bertz CT molecular complexity index is 1820. The van der Waals surface area contributed by atoms with Crippen LogP contribution in [-0.4, -0.2) is 35.5 Å². The number of anilines is 2. The number of thiophene rings is 1. The van der Waals surface area contributed by atoms with E-state index in [2.05, 4.69) is 16.0 Å². The highest BCUT2D eigenvalue weighted by Crippen LogP contribution is 2.39. The van der Waals surface area contributed by atoms with Gasteiger partial charge in [-0.15, -0.1) is 23.1 Å². The van der Waals surface area contributed by atoms with Gasteiger partial charge >= 0.3 is 5.97 Å². The lowest BCUT2D eigenvalue weighted by Crippen LogP contribution is -2.30. The van der Waals surface area contributed by atoms with Gasteiger partial charge in [-0.1, -0.05) is 48.0 Å². The number of carbonyl (C=O) groups is 4. The minimum atomic E-state index is -0.532. The van der Waals surface area contributed by atoms with Crippen LogP contribution in [-0.2, 0) is 27.2 Å². The zero-order chi connectivity index (χ0) is 33.3. The van der Waals surface area contributed by atoms with E-state index in [1.807, 2.05) is 6.07 Å². The first-order valence-corrected chi connectivity index (χ1v) is 17.3. The maximum atomic E-state index is 13.5. The fraction of sp³-hybridized carbons (Fsp3) is 0.222. The highest BCUT2D eigenvalue weighted by molar-refractivity contribution is 8.00. The molecule has 3 N–H and O–H groups in total. The molecule has 5 rings (SSSR count). The van der Waals surface area contributed by atoms with Crippen LogP contribution in [0.15, 0.2) is 89.5 Å². The van der Waals surface area contributed by atoms with E-state index in [-0.39, 0.29) is 18.2 Å². The van der Waals surface area contributed by atoms with Crippen molar-refractivity contribution in [3.63, 3.8) is 0 Å². The molecule has 0 bridgehead atoms. The molecule has 1 aliphatic rings. The SMILES string of the molecule is CCOC(=O)c1c(NC(=O)C(C)Sc2cccc(NC(=O)/C(=C/c3cccc(Cl)c3)NC(=O)c3ccccc3)c2)sc2c1CCCC2. The van der Waals surface area contributed by atoms with Crippen molar-refractivity contribution >= 4 is 75.2 Å². The average Bonchev–Trinajstić information content (AvgIpc) is 3.43. The largest absolute Gasteiger partial charge is 0.462 e. The van der Waals surface area contributed by atoms with Crippen molar-refractivity contribution in [3.8, 4) is 0 Å². The molecule has 0 aliphatic heterocycles. The van der Waals surface area contributed by atoms with Gasteiger partial charge in [-0.2, -0.15) is 0 Å². The zero-order valence-electron chi connectivity index (χ0n) is 25.9. The van der Waals surface area contributed by atoms with Crippen molar-refractivity contribution in [2.45, 2.75) is 49.7 Å². The molecule has 4 aromatic rings. The molecule has 0 saturated heterocycles. The molecule has 1 heterocycles. The van der Waals surface area contributed by atoms with Crippen LogP contribution >= 0.6 is 34.7 Å². The lowest BCUT2D eigenvalue weighted by Gasteiger charge is -2.15. The van der Waals surface area contributed by atoms with Gasteiger partial charge in [0.1, 0.15) is 10.7 Å². The summed E-state index contributed by atoms with van der Waals surface area (Å²) in [4.78, 5) is 54.5. The molecule has 3 amide bonds. The number of esters is 1. The second-order valence-electron chi connectivity index (χ2n) is 10.8. The van der Waals surface area contributed by atoms with Crippen molar-refractivity contribution in [2.75, 3.05) is 17.2 Å². The van der Waals surface area contributed by atoms with Crippen LogP contribution in [0.1, 0.15) is 63.4 Å². The molecule has 1 unspecified atom stereocenters. The molecule has 11 heteroatoms. The van der Waals surface area contributed by atoms with Crippen LogP contribution in [0.2, 0.25) is 5.02 Å². The maximum absolute atomic E-state index is 13.5. The predicted molar refractivity (Wildman–Crippen MR) is 189 cm³/mol. The Morgan fingerprint density at radius 3 is 2.49 bits per heavy atom. The molecule has 0 radical (unpaired) electrons. The first-order chi connectivity index (χ1) is 22.7. The molecular weight excluding hydrogens is 654 g/mol. The van der Waals surface area contributed by atoms with E-state index >= 15 is 0 Å². The highest BCUT2D eigenvalue weighted by atomic mass is 35.5. The minimum absolute atomic E-state index is 0.0305. The second-order valence-corrected chi connectivity index (χ2v) is 13.8. The Hall–Kier alpha value is -4.38. The number of hydrogen-bond acceptors (Lipinski definition) is 7. The fourth-order valence-corrected chi connectivity index (χ4v) is 7.50. The molecule has 0 saturated carbocycles. The average molecular weight is 688 g/mol. The molecule has 1 aliphatic carbocycles. The third-order valence-corrected chi connectivity index (χ3v) is 9.89. The van der Waals surface area contributed by atoms with Crippen molar-refractivity contribution in [1.82, 2.24) is 5.32 Å². The van der Waals surface area contributed by atoms with Gasteiger partial charge < -0.3 is 20.7 Å². The van der Waals surface area contributed by atoms with E-state index in [0.717, 1.165) is 41.0 Å². The first-order valence-electron chi connectivity index (χ1n) is 15.3. The number of thioether (sulfide) groups is 1. The van der Waals surface area contributed by atoms with E-state index < -0.39 is 23.0 Å². The number of aryl methyl sites for hydroxylation is 1. The van der Waals surface area contributed by atoms with Gasteiger partial charge in [-0.3, -0.25) is 14.4 Å². The predicted octanol–water partition coefficient (Wildman–Crippen LogP) is 7.99. The van der Waals surface area contributed by atoms with Crippen molar-refractivity contribution < 1.29 is 23.9 Å². The van der Waals surface area contributed by atoms with Gasteiger partial charge in [0.25, 0.3) is 11.8 Å². The molecule has 0 spiro atoms. The standard InChI is InChI=1S/C36H34ClN3O5S2/c1-3-45-36(44)31-28-17-7-8-18-30(28)47-35(31)40-32(41)22(2)46-27-16-10-15-26(21-27)38-34(43)29(20-23-11-9-14-25(37)19-23)39-33(42)24-12-5-4-6-13-24/h4-6,9-16,19-22H,3,7-8,17-18H2,1-2H3,(H,38,43)(H,39,42)(H,40,41)/b29-20-. The number of ether oxygens (including phenoxy) is 1. The van der Waals surface area contributed by atoms with Crippen molar-refractivity contribution in [1.29, 1.82) is 0 Å². The first kappa shape index (κ1) is 34.0. The third-order valence-electron chi connectivity index (χ3n) is 7.35.